The van der Waals surface area contributed by atoms with E-state index in [1.54, 1.807) is 9.80 Å². The fourth-order valence-corrected chi connectivity index (χ4v) is 12.8. The van der Waals surface area contributed by atoms with E-state index in [4.69, 9.17) is 33.2 Å². The molecule has 7 aliphatic rings. The van der Waals surface area contributed by atoms with Crippen molar-refractivity contribution in [2.24, 2.45) is 11.8 Å². The second kappa shape index (κ2) is 27.0. The van der Waals surface area contributed by atoms with Crippen molar-refractivity contribution in [3.05, 3.63) is 88.9 Å². The lowest BCUT2D eigenvalue weighted by Gasteiger charge is -2.37. The lowest BCUT2D eigenvalue weighted by molar-refractivity contribution is -0.120. The summed E-state index contributed by atoms with van der Waals surface area (Å²) in [7, 11) is -0.500. The summed E-state index contributed by atoms with van der Waals surface area (Å²) in [5.41, 5.74) is 7.47. The van der Waals surface area contributed by atoms with Crippen molar-refractivity contribution in [2.45, 2.75) is 168 Å². The van der Waals surface area contributed by atoms with Gasteiger partial charge < -0.3 is 67.6 Å². The Morgan fingerprint density at radius 3 is 1.48 bits per heavy atom. The highest BCUT2D eigenvalue weighted by Crippen LogP contribution is 2.44. The Morgan fingerprint density at radius 1 is 0.617 bits per heavy atom. The number of rotatable bonds is 12. The van der Waals surface area contributed by atoms with E-state index < -0.39 is 29.5 Å². The minimum Gasteiger partial charge on any atom is -0.488 e. The number of nitrogens with one attached hydrogen (secondary N) is 2. The van der Waals surface area contributed by atoms with Crippen LogP contribution in [0.5, 0.6) is 11.5 Å². The molecule has 0 bridgehead atoms. The van der Waals surface area contributed by atoms with Gasteiger partial charge >= 0.3 is 19.3 Å². The maximum atomic E-state index is 12.5. The Kier molecular flexibility index (Phi) is 19.3. The minimum atomic E-state index is -0.535. The minimum absolute atomic E-state index is 0.0148. The van der Waals surface area contributed by atoms with Crippen LogP contribution in [0.2, 0.25) is 0 Å². The number of anilines is 2. The van der Waals surface area contributed by atoms with Crippen LogP contribution in [0, 0.1) is 34.5 Å². The van der Waals surface area contributed by atoms with Gasteiger partial charge in [0.15, 0.2) is 0 Å². The van der Waals surface area contributed by atoms with Crippen LogP contribution < -0.4 is 35.4 Å². The number of carbonyl (C=O) groups excluding carboxylic acids is 4. The van der Waals surface area contributed by atoms with Crippen LogP contribution in [0.15, 0.2) is 77.8 Å². The second-order valence-corrected chi connectivity index (χ2v) is 29.7. The summed E-state index contributed by atoms with van der Waals surface area (Å²) in [6.45, 7) is 29.3. The standard InChI is InChI=1S/C32H38N6O4.C22H32BN3O4.C16H18BrN3O2/c1-20(24-16-29(39)34-18-24)41-28-15-22(14-26-30(28)38(19-35-26)25-6-7-25)21-5-8-27(23(13-21)17-33)36-9-11-37(12-10-36)31(40)42-32(2,3)4;1-20(2,3)28-19(27)26-12-10-25(11-13-26)18-9-8-17(14-16(18)15-24)23-29-21(4,5)22(6,7)30-23;1-9(10-4-15(21)18-7-10)22-14-6-11(17)5-13-16(14)20(8-19-13)12-2-3-12/h5,8,13-15,19-20,24-25H,6-7,9-12,16,18H2,1-4H3,(H,34,39);8-9,14H,10-13H2,1-7H3;5-6,8-10,12H,2-4,7H2,1H3,(H,18,21)/t20-,24-;;9-,10-/m1.1/s1. The summed E-state index contributed by atoms with van der Waals surface area (Å²) in [4.78, 5) is 65.0. The van der Waals surface area contributed by atoms with Crippen LogP contribution in [-0.4, -0.2) is 160 Å². The first-order chi connectivity index (χ1) is 44.5. The fourth-order valence-electron chi connectivity index (χ4n) is 12.4. The third-order valence-electron chi connectivity index (χ3n) is 18.7. The summed E-state index contributed by atoms with van der Waals surface area (Å²) < 4.78 is 41.4. The SMILES string of the molecule is CC(C)(C)OC(=O)N1CCN(c2ccc(B3OC(C)(C)C(C)(C)O3)cc2C#N)CC1.C[C@@H](Oc1cc(-c2ccc(N3CCN(C(=O)OC(C)(C)C)CC3)c(C#N)c2)cc2ncn(C3CC3)c12)[C@H]1CNC(=O)C1.C[C@@H](Oc1cc(Br)cc2ncn(C3CC3)c12)[C@H]1CNC(=O)C1. The Labute approximate surface area is 559 Å². The highest BCUT2D eigenvalue weighted by molar-refractivity contribution is 9.10. The Balaban J connectivity index is 0.000000152. The van der Waals surface area contributed by atoms with Gasteiger partial charge in [0.2, 0.25) is 11.8 Å². The normalized spacial score (nSPS) is 20.9. The number of halogens is 1. The molecule has 2 aliphatic carbocycles. The van der Waals surface area contributed by atoms with Crippen LogP contribution >= 0.6 is 15.9 Å². The molecule has 22 nitrogen and oxygen atoms in total. The average molecular weight is 1350 g/mol. The third kappa shape index (κ3) is 15.5. The number of benzene rings is 4. The van der Waals surface area contributed by atoms with Gasteiger partial charge in [0.1, 0.15) is 58.1 Å². The predicted molar refractivity (Wildman–Crippen MR) is 363 cm³/mol. The number of nitriles is 2. The first-order valence-corrected chi connectivity index (χ1v) is 33.8. The third-order valence-corrected chi connectivity index (χ3v) is 19.2. The molecule has 2 N–H and O–H groups in total. The number of imidazole rings is 2. The number of piperazine rings is 2. The molecule has 2 saturated carbocycles. The Bertz CT molecular complexity index is 3900. The predicted octanol–water partition coefficient (Wildman–Crippen LogP) is 10.8. The monoisotopic (exact) mass is 1350 g/mol. The lowest BCUT2D eigenvalue weighted by atomic mass is 9.78. The molecule has 4 amide bonds. The van der Waals surface area contributed by atoms with Crippen molar-refractivity contribution in [2.75, 3.05) is 75.2 Å². The summed E-state index contributed by atoms with van der Waals surface area (Å²) in [5, 5.41) is 25.6. The molecule has 0 spiro atoms. The number of aromatic nitrogens is 4. The van der Waals surface area contributed by atoms with Gasteiger partial charge in [-0.25, -0.2) is 19.6 Å². The van der Waals surface area contributed by atoms with Gasteiger partial charge in [-0.2, -0.15) is 10.5 Å². The maximum Gasteiger partial charge on any atom is 0.494 e. The quantitative estimate of drug-likeness (QED) is 0.108. The van der Waals surface area contributed by atoms with E-state index in [9.17, 15) is 29.7 Å². The number of hydrogen-bond acceptors (Lipinski definition) is 16. The Morgan fingerprint density at radius 2 is 1.05 bits per heavy atom. The zero-order chi connectivity index (χ0) is 67.2. The molecule has 5 aliphatic heterocycles. The molecule has 4 aromatic carbocycles. The van der Waals surface area contributed by atoms with Crippen molar-refractivity contribution in [1.82, 2.24) is 39.5 Å². The first kappa shape index (κ1) is 67.4. The first-order valence-electron chi connectivity index (χ1n) is 33.0. The summed E-state index contributed by atoms with van der Waals surface area (Å²) in [6.07, 6.45) is 8.71. The molecule has 7 fully saturated rings. The van der Waals surface area contributed by atoms with Gasteiger partial charge in [-0.05, 0) is 174 Å². The van der Waals surface area contributed by atoms with Gasteiger partial charge in [0, 0.05) is 107 Å². The van der Waals surface area contributed by atoms with Crippen molar-refractivity contribution >= 4 is 86.0 Å². The van der Waals surface area contributed by atoms with Gasteiger partial charge in [0.05, 0.1) is 57.4 Å². The molecular weight excluding hydrogens is 1260 g/mol. The van der Waals surface area contributed by atoms with Crippen molar-refractivity contribution < 1.29 is 47.4 Å². The van der Waals surface area contributed by atoms with E-state index >= 15 is 0 Å². The number of amides is 4. The average Bonchev–Trinajstić information content (AvgIpc) is 1.68. The molecule has 0 unspecified atom stereocenters. The maximum absolute atomic E-state index is 12.5. The van der Waals surface area contributed by atoms with Crippen LogP contribution in [0.4, 0.5) is 21.0 Å². The number of fused-ring (bicyclic) bond motifs is 2. The topological polar surface area (TPSA) is 244 Å². The molecule has 24 heteroatoms. The van der Waals surface area contributed by atoms with Crippen molar-refractivity contribution in [1.29, 1.82) is 10.5 Å². The number of hydrogen-bond donors (Lipinski definition) is 2. The van der Waals surface area contributed by atoms with Crippen LogP contribution in [0.3, 0.4) is 0 Å². The number of ether oxygens (including phenoxy) is 4. The molecular formula is C70H88BBrN12O10. The van der Waals surface area contributed by atoms with Gasteiger partial charge in [-0.3, -0.25) is 9.59 Å². The van der Waals surface area contributed by atoms with Crippen LogP contribution in [0.25, 0.3) is 33.2 Å². The van der Waals surface area contributed by atoms with Gasteiger partial charge in [-0.1, -0.05) is 28.1 Å². The molecule has 498 valence electrons. The molecule has 6 aromatic rings. The lowest BCUT2D eigenvalue weighted by Crippen LogP contribution is -2.50. The number of carbonyl (C=O) groups is 4. The van der Waals surface area contributed by atoms with E-state index in [2.05, 4.69) is 68.7 Å². The Hall–Kier alpha value is -8.06. The molecule has 2 aromatic heterocycles. The highest BCUT2D eigenvalue weighted by atomic mass is 79.9. The van der Waals surface area contributed by atoms with E-state index in [0.717, 1.165) is 78.8 Å². The molecule has 4 atom stereocenters. The van der Waals surface area contributed by atoms with E-state index in [0.29, 0.717) is 101 Å². The molecule has 0 radical (unpaired) electrons. The van der Waals surface area contributed by atoms with Crippen molar-refractivity contribution in [3.63, 3.8) is 0 Å². The van der Waals surface area contributed by atoms with Gasteiger partial charge in [0.25, 0.3) is 0 Å². The van der Waals surface area contributed by atoms with Crippen LogP contribution in [0.1, 0.15) is 145 Å². The summed E-state index contributed by atoms with van der Waals surface area (Å²) in [6, 6.07) is 25.5. The summed E-state index contributed by atoms with van der Waals surface area (Å²) >= 11 is 3.53. The zero-order valence-electron chi connectivity index (χ0n) is 56.2. The molecule has 13 rings (SSSR count). The fraction of sp³-hybridized carbons (Fsp3) is 0.543. The molecule has 7 heterocycles. The molecule has 5 saturated heterocycles. The van der Waals surface area contributed by atoms with E-state index in [1.807, 2.05) is 150 Å². The van der Waals surface area contributed by atoms with Crippen molar-refractivity contribution in [3.8, 4) is 34.8 Å². The second-order valence-electron chi connectivity index (χ2n) is 28.8. The van der Waals surface area contributed by atoms with Gasteiger partial charge in [-0.15, -0.1) is 0 Å². The zero-order valence-corrected chi connectivity index (χ0v) is 57.8. The van der Waals surface area contributed by atoms with Crippen LogP contribution in [-0.2, 0) is 28.4 Å². The van der Waals surface area contributed by atoms with E-state index in [1.165, 1.54) is 12.8 Å². The highest BCUT2D eigenvalue weighted by Gasteiger charge is 2.52. The number of nitrogens with zero attached hydrogens (tertiary/aromatic N) is 10. The summed E-state index contributed by atoms with van der Waals surface area (Å²) in [5.74, 6) is 2.10. The van der Waals surface area contributed by atoms with E-state index in [-0.39, 0.29) is 48.0 Å². The molecule has 94 heavy (non-hydrogen) atoms. The largest absolute Gasteiger partial charge is 0.494 e. The smallest absolute Gasteiger partial charge is 0.488 e.